The fraction of sp³-hybridized carbons (Fsp3) is 0.125. The van der Waals surface area contributed by atoms with Crippen molar-refractivity contribution in [1.29, 1.82) is 0 Å². The number of para-hydroxylation sites is 1. The third-order valence-corrected chi connectivity index (χ3v) is 3.37. The van der Waals surface area contributed by atoms with Gasteiger partial charge in [0.05, 0.1) is 17.1 Å². The summed E-state index contributed by atoms with van der Waals surface area (Å²) in [4.78, 5) is 2.06. The number of fused-ring (bicyclic) bond motifs is 1. The van der Waals surface area contributed by atoms with Gasteiger partial charge in [-0.25, -0.2) is 0 Å². The lowest BCUT2D eigenvalue weighted by Crippen LogP contribution is -2.11. The Morgan fingerprint density at radius 2 is 1.84 bits per heavy atom. The minimum atomic E-state index is 0.771. The Labute approximate surface area is 112 Å². The molecule has 0 fully saturated rings. The molecule has 96 valence electrons. The van der Waals surface area contributed by atoms with E-state index in [9.17, 15) is 0 Å². The van der Waals surface area contributed by atoms with Gasteiger partial charge in [0.1, 0.15) is 11.8 Å². The first-order chi connectivity index (χ1) is 9.16. The molecule has 0 aliphatic heterocycles. The van der Waals surface area contributed by atoms with E-state index < -0.39 is 0 Å². The fourth-order valence-corrected chi connectivity index (χ4v) is 2.33. The highest BCUT2D eigenvalue weighted by Crippen LogP contribution is 2.35. The standard InChI is InChI=1S/C16H16N2O/c1-11-7-8-14(13(17)9-11)18(2)15-10-19-16-6-4-3-5-12(15)16/h3-10H,17H2,1-2H3. The monoisotopic (exact) mass is 252 g/mol. The molecule has 3 rings (SSSR count). The summed E-state index contributed by atoms with van der Waals surface area (Å²) in [5, 5.41) is 1.09. The van der Waals surface area contributed by atoms with Gasteiger partial charge in [0.25, 0.3) is 0 Å². The molecule has 0 saturated carbocycles. The molecule has 3 heteroatoms. The van der Waals surface area contributed by atoms with E-state index in [4.69, 9.17) is 10.2 Å². The number of hydrogen-bond acceptors (Lipinski definition) is 3. The first kappa shape index (κ1) is 11.7. The Bertz CT molecular complexity index is 730. The van der Waals surface area contributed by atoms with E-state index in [0.29, 0.717) is 0 Å². The van der Waals surface area contributed by atoms with Crippen molar-refractivity contribution in [1.82, 2.24) is 0 Å². The summed E-state index contributed by atoms with van der Waals surface area (Å²) in [5.74, 6) is 0. The molecule has 0 aliphatic carbocycles. The predicted octanol–water partition coefficient (Wildman–Crippen LogP) is 4.09. The van der Waals surface area contributed by atoms with Crippen LogP contribution in [0, 0.1) is 6.92 Å². The van der Waals surface area contributed by atoms with E-state index in [2.05, 4.69) is 17.0 Å². The van der Waals surface area contributed by atoms with Crippen LogP contribution in [0.25, 0.3) is 11.0 Å². The summed E-state index contributed by atoms with van der Waals surface area (Å²) in [7, 11) is 2.00. The maximum absolute atomic E-state index is 6.10. The highest BCUT2D eigenvalue weighted by Gasteiger charge is 2.13. The number of benzene rings is 2. The molecular weight excluding hydrogens is 236 g/mol. The molecule has 0 bridgehead atoms. The molecule has 0 unspecified atom stereocenters. The van der Waals surface area contributed by atoms with Crippen LogP contribution in [0.5, 0.6) is 0 Å². The summed E-state index contributed by atoms with van der Waals surface area (Å²) in [6.07, 6.45) is 1.77. The first-order valence-electron chi connectivity index (χ1n) is 6.23. The second-order valence-corrected chi connectivity index (χ2v) is 4.74. The van der Waals surface area contributed by atoms with Crippen LogP contribution in [-0.4, -0.2) is 7.05 Å². The lowest BCUT2D eigenvalue weighted by molar-refractivity contribution is 0.616. The molecular formula is C16H16N2O. The minimum absolute atomic E-state index is 0.771. The molecule has 3 nitrogen and oxygen atoms in total. The molecule has 0 saturated heterocycles. The van der Waals surface area contributed by atoms with Gasteiger partial charge in [-0.2, -0.15) is 0 Å². The average molecular weight is 252 g/mol. The van der Waals surface area contributed by atoms with Crippen LogP contribution in [0.1, 0.15) is 5.56 Å². The van der Waals surface area contributed by atoms with Crippen molar-refractivity contribution < 1.29 is 4.42 Å². The number of nitrogens with zero attached hydrogens (tertiary/aromatic N) is 1. The molecule has 1 heterocycles. The number of aryl methyl sites for hydroxylation is 1. The zero-order valence-electron chi connectivity index (χ0n) is 11.1. The molecule has 0 atom stereocenters. The number of rotatable bonds is 2. The SMILES string of the molecule is Cc1ccc(N(C)c2coc3ccccc23)c(N)c1. The van der Waals surface area contributed by atoms with Gasteiger partial charge in [-0.1, -0.05) is 18.2 Å². The van der Waals surface area contributed by atoms with Crippen molar-refractivity contribution in [2.75, 3.05) is 17.7 Å². The van der Waals surface area contributed by atoms with Gasteiger partial charge in [-0.05, 0) is 36.8 Å². The Balaban J connectivity index is 2.10. The van der Waals surface area contributed by atoms with Crippen LogP contribution in [-0.2, 0) is 0 Å². The fourth-order valence-electron chi connectivity index (χ4n) is 2.33. The summed E-state index contributed by atoms with van der Waals surface area (Å²) >= 11 is 0. The van der Waals surface area contributed by atoms with Crippen LogP contribution >= 0.6 is 0 Å². The van der Waals surface area contributed by atoms with Gasteiger partial charge >= 0.3 is 0 Å². The minimum Gasteiger partial charge on any atom is -0.462 e. The number of furan rings is 1. The average Bonchev–Trinajstić information content (AvgIpc) is 2.82. The second kappa shape index (κ2) is 4.35. The van der Waals surface area contributed by atoms with Crippen molar-refractivity contribution in [3.8, 4) is 0 Å². The number of hydrogen-bond donors (Lipinski definition) is 1. The largest absolute Gasteiger partial charge is 0.462 e. The summed E-state index contributed by atoms with van der Waals surface area (Å²) in [5.41, 5.74) is 10.9. The van der Waals surface area contributed by atoms with E-state index in [0.717, 1.165) is 33.6 Å². The van der Waals surface area contributed by atoms with Crippen LogP contribution in [0.4, 0.5) is 17.1 Å². The van der Waals surface area contributed by atoms with Gasteiger partial charge in [0.2, 0.25) is 0 Å². The van der Waals surface area contributed by atoms with Crippen LogP contribution in [0.3, 0.4) is 0 Å². The lowest BCUT2D eigenvalue weighted by Gasteiger charge is -2.20. The zero-order valence-corrected chi connectivity index (χ0v) is 11.1. The summed E-state index contributed by atoms with van der Waals surface area (Å²) < 4.78 is 5.57. The van der Waals surface area contributed by atoms with E-state index in [1.807, 2.05) is 44.3 Å². The van der Waals surface area contributed by atoms with Crippen LogP contribution in [0.2, 0.25) is 0 Å². The van der Waals surface area contributed by atoms with Gasteiger partial charge in [-0.15, -0.1) is 0 Å². The quantitative estimate of drug-likeness (QED) is 0.698. The zero-order chi connectivity index (χ0) is 13.4. The van der Waals surface area contributed by atoms with Crippen molar-refractivity contribution in [3.05, 3.63) is 54.3 Å². The topological polar surface area (TPSA) is 42.4 Å². The highest BCUT2D eigenvalue weighted by atomic mass is 16.3. The molecule has 0 amide bonds. The van der Waals surface area contributed by atoms with E-state index in [-0.39, 0.29) is 0 Å². The van der Waals surface area contributed by atoms with Gasteiger partial charge in [0.15, 0.2) is 0 Å². The number of nitrogen functional groups attached to an aromatic ring is 1. The van der Waals surface area contributed by atoms with E-state index >= 15 is 0 Å². The van der Waals surface area contributed by atoms with E-state index in [1.54, 1.807) is 6.26 Å². The Kier molecular flexibility index (Phi) is 2.67. The first-order valence-corrected chi connectivity index (χ1v) is 6.23. The Morgan fingerprint density at radius 3 is 2.63 bits per heavy atom. The maximum Gasteiger partial charge on any atom is 0.136 e. The third-order valence-electron chi connectivity index (χ3n) is 3.37. The maximum atomic E-state index is 6.10. The van der Waals surface area contributed by atoms with Crippen molar-refractivity contribution >= 4 is 28.0 Å². The number of nitrogens with two attached hydrogens (primary N) is 1. The normalized spacial score (nSPS) is 10.8. The molecule has 19 heavy (non-hydrogen) atoms. The molecule has 0 radical (unpaired) electrons. The molecule has 2 aromatic carbocycles. The second-order valence-electron chi connectivity index (χ2n) is 4.74. The van der Waals surface area contributed by atoms with Gasteiger partial charge in [0, 0.05) is 12.4 Å². The van der Waals surface area contributed by atoms with Crippen molar-refractivity contribution in [2.24, 2.45) is 0 Å². The smallest absolute Gasteiger partial charge is 0.136 e. The summed E-state index contributed by atoms with van der Waals surface area (Å²) in [6, 6.07) is 14.1. The van der Waals surface area contributed by atoms with E-state index in [1.165, 1.54) is 0 Å². The Hall–Kier alpha value is -2.42. The third kappa shape index (κ3) is 1.93. The van der Waals surface area contributed by atoms with Crippen molar-refractivity contribution in [2.45, 2.75) is 6.92 Å². The van der Waals surface area contributed by atoms with Gasteiger partial charge < -0.3 is 15.1 Å². The predicted molar refractivity (Wildman–Crippen MR) is 79.9 cm³/mol. The molecule has 2 N–H and O–H groups in total. The summed E-state index contributed by atoms with van der Waals surface area (Å²) in [6.45, 7) is 2.04. The van der Waals surface area contributed by atoms with Crippen LogP contribution in [0.15, 0.2) is 53.1 Å². The highest BCUT2D eigenvalue weighted by molar-refractivity contribution is 5.94. The molecule has 3 aromatic rings. The lowest BCUT2D eigenvalue weighted by atomic mass is 10.1. The number of anilines is 3. The van der Waals surface area contributed by atoms with Crippen molar-refractivity contribution in [3.63, 3.8) is 0 Å². The van der Waals surface area contributed by atoms with Gasteiger partial charge in [-0.3, -0.25) is 0 Å². The molecule has 1 aromatic heterocycles. The van der Waals surface area contributed by atoms with Crippen LogP contribution < -0.4 is 10.6 Å². The molecule has 0 aliphatic rings. The Morgan fingerprint density at radius 1 is 1.05 bits per heavy atom. The molecule has 0 spiro atoms.